The summed E-state index contributed by atoms with van der Waals surface area (Å²) in [6.07, 6.45) is 7.07. The number of nitrogens with two attached hydrogens (primary N) is 1. The van der Waals surface area contributed by atoms with Gasteiger partial charge in [0.15, 0.2) is 0 Å². The molecule has 1 unspecified atom stereocenters. The van der Waals surface area contributed by atoms with Gasteiger partial charge in [-0.1, -0.05) is 31.0 Å². The Morgan fingerprint density at radius 3 is 2.74 bits per heavy atom. The topological polar surface area (TPSA) is 55.9 Å². The van der Waals surface area contributed by atoms with Crippen LogP contribution < -0.4 is 11.3 Å². The molecule has 19 heavy (non-hydrogen) atoms. The molecule has 3 N–H and O–H groups in total. The van der Waals surface area contributed by atoms with Crippen LogP contribution >= 0.6 is 0 Å². The lowest BCUT2D eigenvalue weighted by Crippen LogP contribution is -2.28. The zero-order valence-electron chi connectivity index (χ0n) is 11.0. The highest BCUT2D eigenvalue weighted by atomic mass is 15.3. The molecule has 1 atom stereocenters. The fourth-order valence-corrected chi connectivity index (χ4v) is 2.37. The van der Waals surface area contributed by atoms with Crippen LogP contribution in [0.1, 0.15) is 37.4 Å². The summed E-state index contributed by atoms with van der Waals surface area (Å²) in [4.78, 5) is 0. The van der Waals surface area contributed by atoms with E-state index in [0.29, 0.717) is 0 Å². The number of hydrazine groups is 1. The molecule has 1 aliphatic rings. The van der Waals surface area contributed by atoms with E-state index in [-0.39, 0.29) is 6.04 Å². The minimum absolute atomic E-state index is 0.158. The van der Waals surface area contributed by atoms with Crippen molar-refractivity contribution in [3.8, 4) is 5.69 Å². The second-order valence-electron chi connectivity index (χ2n) is 5.26. The van der Waals surface area contributed by atoms with Crippen LogP contribution in [0.3, 0.4) is 0 Å². The molecule has 4 nitrogen and oxygen atoms in total. The molecule has 4 heteroatoms. The Balaban J connectivity index is 1.71. The van der Waals surface area contributed by atoms with Gasteiger partial charge in [-0.2, -0.15) is 5.10 Å². The second kappa shape index (κ2) is 5.55. The number of benzene rings is 1. The second-order valence-corrected chi connectivity index (χ2v) is 5.26. The van der Waals surface area contributed by atoms with Gasteiger partial charge in [-0.05, 0) is 37.0 Å². The highest BCUT2D eigenvalue weighted by molar-refractivity contribution is 5.30. The van der Waals surface area contributed by atoms with Crippen LogP contribution in [-0.4, -0.2) is 9.78 Å². The molecule has 1 saturated carbocycles. The third-order valence-corrected chi connectivity index (χ3v) is 3.75. The lowest BCUT2D eigenvalue weighted by molar-refractivity contribution is 0.469. The Kier molecular flexibility index (Phi) is 3.62. The number of hydrogen-bond acceptors (Lipinski definition) is 3. The number of aromatic nitrogens is 2. The van der Waals surface area contributed by atoms with E-state index in [1.54, 1.807) is 0 Å². The zero-order valence-corrected chi connectivity index (χ0v) is 11.0. The van der Waals surface area contributed by atoms with E-state index in [4.69, 9.17) is 5.84 Å². The van der Waals surface area contributed by atoms with Crippen LogP contribution in [0.25, 0.3) is 5.69 Å². The van der Waals surface area contributed by atoms with Crippen LogP contribution in [0.4, 0.5) is 0 Å². The predicted molar refractivity (Wildman–Crippen MR) is 75.6 cm³/mol. The number of nitrogens with zero attached hydrogens (tertiary/aromatic N) is 2. The molecule has 3 rings (SSSR count). The maximum atomic E-state index is 5.66. The summed E-state index contributed by atoms with van der Waals surface area (Å²) in [5, 5.41) is 4.62. The van der Waals surface area contributed by atoms with Gasteiger partial charge in [0.05, 0.1) is 17.4 Å². The molecule has 0 saturated heterocycles. The largest absolute Gasteiger partial charge is 0.271 e. The van der Waals surface area contributed by atoms with Gasteiger partial charge in [-0.3, -0.25) is 11.3 Å². The summed E-state index contributed by atoms with van der Waals surface area (Å²) in [7, 11) is 0. The predicted octanol–water partition coefficient (Wildman–Crippen LogP) is 2.57. The summed E-state index contributed by atoms with van der Waals surface area (Å²) in [6.45, 7) is 0. The molecule has 0 amide bonds. The van der Waals surface area contributed by atoms with E-state index >= 15 is 0 Å². The first-order valence-electron chi connectivity index (χ1n) is 6.94. The van der Waals surface area contributed by atoms with Gasteiger partial charge < -0.3 is 0 Å². The summed E-state index contributed by atoms with van der Waals surface area (Å²) >= 11 is 0. The Morgan fingerprint density at radius 1 is 1.26 bits per heavy atom. The SMILES string of the molecule is NNC(CCC1CC1)c1ccn(-c2ccccc2)n1. The molecular formula is C15H20N4. The monoisotopic (exact) mass is 256 g/mol. The highest BCUT2D eigenvalue weighted by Gasteiger charge is 2.23. The third-order valence-electron chi connectivity index (χ3n) is 3.75. The number of hydrogen-bond donors (Lipinski definition) is 2. The standard InChI is InChI=1S/C15H20N4/c16-17-14(9-8-12-6-7-12)15-10-11-19(18-15)13-4-2-1-3-5-13/h1-5,10-12,14,17H,6-9,16H2. The number of rotatable bonds is 6. The van der Waals surface area contributed by atoms with E-state index in [9.17, 15) is 0 Å². The average molecular weight is 256 g/mol. The minimum atomic E-state index is 0.158. The van der Waals surface area contributed by atoms with E-state index < -0.39 is 0 Å². The first-order chi connectivity index (χ1) is 9.36. The fraction of sp³-hybridized carbons (Fsp3) is 0.400. The number of para-hydroxylation sites is 1. The van der Waals surface area contributed by atoms with Crippen LogP contribution in [0, 0.1) is 5.92 Å². The lowest BCUT2D eigenvalue weighted by Gasteiger charge is -2.12. The van der Waals surface area contributed by atoms with Crippen molar-refractivity contribution in [1.29, 1.82) is 0 Å². The first-order valence-corrected chi connectivity index (χ1v) is 6.94. The van der Waals surface area contributed by atoms with Gasteiger partial charge in [0.25, 0.3) is 0 Å². The van der Waals surface area contributed by atoms with Crippen molar-refractivity contribution in [2.45, 2.75) is 31.7 Å². The molecule has 1 aliphatic carbocycles. The molecule has 100 valence electrons. The van der Waals surface area contributed by atoms with Crippen LogP contribution in [-0.2, 0) is 0 Å². The molecule has 0 spiro atoms. The average Bonchev–Trinajstić information content (AvgIpc) is 3.16. The molecule has 0 bridgehead atoms. The molecule has 1 fully saturated rings. The normalized spacial score (nSPS) is 16.5. The summed E-state index contributed by atoms with van der Waals surface area (Å²) in [5.41, 5.74) is 4.99. The Hall–Kier alpha value is -1.65. The van der Waals surface area contributed by atoms with Crippen molar-refractivity contribution in [1.82, 2.24) is 15.2 Å². The molecule has 1 aromatic heterocycles. The Labute approximate surface area is 113 Å². The summed E-state index contributed by atoms with van der Waals surface area (Å²) in [5.74, 6) is 6.58. The van der Waals surface area contributed by atoms with Gasteiger partial charge in [0, 0.05) is 6.20 Å². The van der Waals surface area contributed by atoms with E-state index in [1.807, 2.05) is 47.3 Å². The lowest BCUT2D eigenvalue weighted by atomic mass is 10.1. The summed E-state index contributed by atoms with van der Waals surface area (Å²) in [6, 6.07) is 12.3. The Bertz CT molecular complexity index is 516. The molecule has 1 aromatic carbocycles. The highest BCUT2D eigenvalue weighted by Crippen LogP contribution is 2.35. The molecule has 2 aromatic rings. The number of nitrogens with one attached hydrogen (secondary N) is 1. The third kappa shape index (κ3) is 3.03. The first kappa shape index (κ1) is 12.4. The van der Waals surface area contributed by atoms with Crippen molar-refractivity contribution in [2.24, 2.45) is 11.8 Å². The Morgan fingerprint density at radius 2 is 2.05 bits per heavy atom. The van der Waals surface area contributed by atoms with E-state index in [1.165, 1.54) is 19.3 Å². The van der Waals surface area contributed by atoms with Gasteiger partial charge in [-0.15, -0.1) is 0 Å². The van der Waals surface area contributed by atoms with Crippen molar-refractivity contribution in [2.75, 3.05) is 0 Å². The van der Waals surface area contributed by atoms with Crippen molar-refractivity contribution >= 4 is 0 Å². The zero-order chi connectivity index (χ0) is 13.1. The van der Waals surface area contributed by atoms with Gasteiger partial charge in [0.1, 0.15) is 0 Å². The summed E-state index contributed by atoms with van der Waals surface area (Å²) < 4.78 is 1.90. The maximum Gasteiger partial charge on any atom is 0.0811 e. The van der Waals surface area contributed by atoms with Crippen molar-refractivity contribution in [3.63, 3.8) is 0 Å². The fourth-order valence-electron chi connectivity index (χ4n) is 2.37. The molecule has 0 aliphatic heterocycles. The quantitative estimate of drug-likeness (QED) is 0.617. The molecule has 0 radical (unpaired) electrons. The van der Waals surface area contributed by atoms with Crippen LogP contribution in [0.5, 0.6) is 0 Å². The van der Waals surface area contributed by atoms with Crippen LogP contribution in [0.2, 0.25) is 0 Å². The van der Waals surface area contributed by atoms with Gasteiger partial charge >= 0.3 is 0 Å². The van der Waals surface area contributed by atoms with E-state index in [0.717, 1.165) is 23.7 Å². The van der Waals surface area contributed by atoms with E-state index in [2.05, 4.69) is 10.5 Å². The minimum Gasteiger partial charge on any atom is -0.271 e. The maximum absolute atomic E-state index is 5.66. The molecular weight excluding hydrogens is 236 g/mol. The smallest absolute Gasteiger partial charge is 0.0811 e. The van der Waals surface area contributed by atoms with Crippen LogP contribution in [0.15, 0.2) is 42.6 Å². The van der Waals surface area contributed by atoms with Crippen molar-refractivity contribution < 1.29 is 0 Å². The van der Waals surface area contributed by atoms with Gasteiger partial charge in [-0.25, -0.2) is 4.68 Å². The van der Waals surface area contributed by atoms with Gasteiger partial charge in [0.2, 0.25) is 0 Å². The molecule has 1 heterocycles. The van der Waals surface area contributed by atoms with Crippen molar-refractivity contribution in [3.05, 3.63) is 48.3 Å².